The molecule has 2 aliphatic rings. The molecule has 0 radical (unpaired) electrons. The molecule has 0 saturated heterocycles. The summed E-state index contributed by atoms with van der Waals surface area (Å²) in [6, 6.07) is 29.6. The molecule has 586 valence electrons. The Morgan fingerprint density at radius 1 is 0.308 bits per heavy atom. The molecule has 0 nitrogen and oxygen atoms in total. The summed E-state index contributed by atoms with van der Waals surface area (Å²) in [5.41, 5.74) is 17.9. The fourth-order valence-electron chi connectivity index (χ4n) is 17.8. The summed E-state index contributed by atoms with van der Waals surface area (Å²) >= 11 is -2.70. The second-order valence-electron chi connectivity index (χ2n) is 35.5. The van der Waals surface area contributed by atoms with Gasteiger partial charge in [0, 0.05) is 0 Å². The largest absolute Gasteiger partial charge is 1.00 e. The van der Waals surface area contributed by atoms with Crippen LogP contribution in [0.3, 0.4) is 0 Å². The van der Waals surface area contributed by atoms with Gasteiger partial charge in [-0.2, -0.15) is 0 Å². The number of rotatable bonds is 62. The Kier molecular flexibility index (Phi) is 52.2. The molecule has 0 bridgehead atoms. The van der Waals surface area contributed by atoms with Crippen LogP contribution in [0.15, 0.2) is 94.3 Å². The fraction of sp³-hybridized carbons (Fsp3) is 0.713. The first-order valence-corrected chi connectivity index (χ1v) is 49.3. The maximum atomic E-state index is 2.79. The van der Waals surface area contributed by atoms with Crippen molar-refractivity contribution in [2.45, 2.75) is 463 Å². The third kappa shape index (κ3) is 36.7. The van der Waals surface area contributed by atoms with E-state index in [1.807, 2.05) is 3.28 Å². The van der Waals surface area contributed by atoms with Crippen molar-refractivity contribution in [2.75, 3.05) is 0 Å². The number of fused-ring (bicyclic) bond motifs is 3. The van der Waals surface area contributed by atoms with Crippen molar-refractivity contribution in [1.29, 1.82) is 0 Å². The molecular weight excluding hydrogens is 1380 g/mol. The normalized spacial score (nSPS) is 12.7. The van der Waals surface area contributed by atoms with E-state index in [-0.39, 0.29) is 35.6 Å². The zero-order valence-corrected chi connectivity index (χ0v) is 74.2. The van der Waals surface area contributed by atoms with Gasteiger partial charge in [0.1, 0.15) is 0 Å². The van der Waals surface area contributed by atoms with E-state index in [2.05, 4.69) is 163 Å². The van der Waals surface area contributed by atoms with E-state index < -0.39 is 21.3 Å². The minimum absolute atomic E-state index is 0. The van der Waals surface area contributed by atoms with Crippen LogP contribution in [0.4, 0.5) is 0 Å². The van der Waals surface area contributed by atoms with Crippen molar-refractivity contribution >= 4 is 3.21 Å². The van der Waals surface area contributed by atoms with Gasteiger partial charge in [-0.1, -0.05) is 245 Å². The zero-order valence-electron chi connectivity index (χ0n) is 70.2. The van der Waals surface area contributed by atoms with Crippen LogP contribution in [0.25, 0.3) is 33.4 Å². The Labute approximate surface area is 667 Å². The Bertz CT molecular complexity index is 2740. The third-order valence-corrected chi connectivity index (χ3v) is 32.9. The molecule has 0 unspecified atom stereocenters. The van der Waals surface area contributed by atoms with Gasteiger partial charge in [0.2, 0.25) is 0 Å². The molecule has 0 fully saturated rings. The molecule has 0 saturated carbocycles. The summed E-state index contributed by atoms with van der Waals surface area (Å²) in [5, 5.41) is 0. The zero-order chi connectivity index (χ0) is 72.6. The summed E-state index contributed by atoms with van der Waals surface area (Å²) in [6.45, 7) is 24.1. The molecule has 4 aromatic rings. The predicted octanol–water partition coefficient (Wildman–Crippen LogP) is 28.6. The summed E-state index contributed by atoms with van der Waals surface area (Å²) in [7, 11) is 0. The van der Waals surface area contributed by atoms with Crippen LogP contribution in [0.1, 0.15) is 471 Å². The summed E-state index contributed by atoms with van der Waals surface area (Å²) < 4.78 is 4.37. The second-order valence-corrected chi connectivity index (χ2v) is 42.2. The Morgan fingerprint density at radius 3 is 0.769 bits per heavy atom. The Hall–Kier alpha value is -2.31. The molecule has 104 heavy (non-hydrogen) atoms. The van der Waals surface area contributed by atoms with E-state index in [1.54, 1.807) is 22.3 Å². The molecule has 3 heteroatoms. The topological polar surface area (TPSA) is 0 Å². The molecule has 0 amide bonds. The maximum absolute atomic E-state index is 2.79. The minimum atomic E-state index is -2.70. The van der Waals surface area contributed by atoms with Gasteiger partial charge in [0.15, 0.2) is 0 Å². The monoisotopic (exact) mass is 1540 g/mol. The van der Waals surface area contributed by atoms with Gasteiger partial charge in [-0.05, 0) is 0 Å². The molecule has 0 aromatic heterocycles. The van der Waals surface area contributed by atoms with Gasteiger partial charge in [-0.3, -0.25) is 0 Å². The van der Waals surface area contributed by atoms with Gasteiger partial charge >= 0.3 is 403 Å². The van der Waals surface area contributed by atoms with E-state index in [1.165, 1.54) is 417 Å². The van der Waals surface area contributed by atoms with Crippen molar-refractivity contribution in [3.63, 3.8) is 0 Å². The minimum Gasteiger partial charge on any atom is -1.00 e. The Morgan fingerprint density at radius 2 is 0.548 bits per heavy atom. The number of hydrogen-bond acceptors (Lipinski definition) is 0. The first-order valence-electron chi connectivity index (χ1n) is 45.4. The number of allylic oxidation sites excluding steroid dienone is 4. The molecule has 0 spiro atoms. The standard InChI is InChI=1S/C61H122.C35H37.C5H5.2ClH.Zr/c1-3-5-7-9-11-13-15-17-19-21-23-25-27-29-31-33-35-37-39-41-43-45-47-49-51-53-55-57-59-61-60-58-56-54-52-50-48-46-44-42-40-38-36-34-32-30-28-26-24-22-20-18-16-14-12-10-8-6-4-2;1-22-13-9-11-15-26(22)30-18-24-17-25-19-31(27-16-12-10-14-23(27)2)33(35(6,7)8)21-29(25)28(24)20-32(30)34(3,4)5;1-2-4-5-3-1;;;/h3-60H2,1-2H3;9-21H,1-8H3;1-3H,4H2;2*1H;/q;;;;;+2/p-2. The third-order valence-electron chi connectivity index (χ3n) is 24.2. The SMILES string of the molecule is CCCCCCCCCCCCCCCCCCCCCCCCCCCCCC[C](CCCCCCCCCCCCCCCCCCCCCCCCCCCCCC)=[Zr+2]([C]1=CC=CC1)[CH]1c2cc(-c3ccccc3C)c(C(C)(C)C)cc2-c2cc(C(C)(C)C)c(-c3ccccc3C)cc21.[Cl-].[Cl-]. The summed E-state index contributed by atoms with van der Waals surface area (Å²) in [4.78, 5) is 0. The summed E-state index contributed by atoms with van der Waals surface area (Å²) in [6.07, 6.45) is 92.9. The van der Waals surface area contributed by atoms with Crippen LogP contribution in [-0.4, -0.2) is 3.21 Å². The van der Waals surface area contributed by atoms with Gasteiger partial charge in [-0.25, -0.2) is 0 Å². The van der Waals surface area contributed by atoms with E-state index in [0.717, 1.165) is 6.42 Å². The number of benzene rings is 4. The molecule has 0 N–H and O–H groups in total. The van der Waals surface area contributed by atoms with Gasteiger partial charge in [-0.15, -0.1) is 0 Å². The van der Waals surface area contributed by atoms with Gasteiger partial charge in [0.25, 0.3) is 0 Å². The van der Waals surface area contributed by atoms with E-state index in [9.17, 15) is 0 Å². The van der Waals surface area contributed by atoms with Crippen LogP contribution >= 0.6 is 0 Å². The fourth-order valence-corrected chi connectivity index (χ4v) is 27.2. The van der Waals surface area contributed by atoms with Crippen molar-refractivity contribution < 1.29 is 46.1 Å². The molecule has 6 rings (SSSR count). The first-order chi connectivity index (χ1) is 49.8. The van der Waals surface area contributed by atoms with Gasteiger partial charge in [0.05, 0.1) is 0 Å². The average molecular weight is 1540 g/mol. The van der Waals surface area contributed by atoms with Crippen molar-refractivity contribution in [3.05, 3.63) is 128 Å². The average Bonchev–Trinajstić information content (AvgIpc) is 1.55. The number of aryl methyl sites for hydroxylation is 2. The van der Waals surface area contributed by atoms with Crippen LogP contribution in [0.5, 0.6) is 0 Å². The molecule has 4 aromatic carbocycles. The van der Waals surface area contributed by atoms with Gasteiger partial charge < -0.3 is 24.8 Å². The Balaban J connectivity index is 0.0000114. The molecule has 0 heterocycles. The van der Waals surface area contributed by atoms with Crippen LogP contribution in [0, 0.1) is 13.8 Å². The van der Waals surface area contributed by atoms with Crippen LogP contribution < -0.4 is 24.8 Å². The van der Waals surface area contributed by atoms with Crippen molar-refractivity contribution in [1.82, 2.24) is 0 Å². The predicted molar refractivity (Wildman–Crippen MR) is 457 cm³/mol. The number of hydrogen-bond donors (Lipinski definition) is 0. The maximum Gasteiger partial charge on any atom is -1.00 e. The molecule has 0 aliphatic heterocycles. The first kappa shape index (κ1) is 94.1. The van der Waals surface area contributed by atoms with E-state index in [0.29, 0.717) is 3.63 Å². The van der Waals surface area contributed by atoms with Crippen LogP contribution in [0.2, 0.25) is 0 Å². The smallest absolute Gasteiger partial charge is 1.00 e. The number of unbranched alkanes of at least 4 members (excludes halogenated alkanes) is 54. The van der Waals surface area contributed by atoms with Crippen molar-refractivity contribution in [2.24, 2.45) is 0 Å². The summed E-state index contributed by atoms with van der Waals surface area (Å²) in [5.74, 6) is 0. The molecular formula is C101H164Cl2Zr. The van der Waals surface area contributed by atoms with Crippen molar-refractivity contribution in [3.8, 4) is 33.4 Å². The molecule has 0 atom stereocenters. The number of halogens is 2. The quantitative estimate of drug-likeness (QED) is 0.0387. The second kappa shape index (κ2) is 57.7. The van der Waals surface area contributed by atoms with E-state index >= 15 is 0 Å². The van der Waals surface area contributed by atoms with E-state index in [4.69, 9.17) is 0 Å². The van der Waals surface area contributed by atoms with Crippen LogP contribution in [-0.2, 0) is 32.1 Å². The molecule has 2 aliphatic carbocycles.